The third-order valence-corrected chi connectivity index (χ3v) is 9.71. The molecule has 3 atom stereocenters. The Balaban J connectivity index is 1.31. The first-order valence-corrected chi connectivity index (χ1v) is 12.8. The van der Waals surface area contributed by atoms with E-state index in [4.69, 9.17) is 0 Å². The molecular formula is C23H35N3O3S. The normalized spacial score (nSPS) is 30.0. The average Bonchev–Trinajstić information content (AvgIpc) is 3.07. The van der Waals surface area contributed by atoms with Crippen molar-refractivity contribution in [2.75, 3.05) is 43.4 Å². The van der Waals surface area contributed by atoms with Crippen LogP contribution in [0.3, 0.4) is 0 Å². The number of hydrogen-bond donors (Lipinski definition) is 1. The molecule has 0 aromatic heterocycles. The van der Waals surface area contributed by atoms with Crippen molar-refractivity contribution in [2.24, 2.45) is 16.7 Å². The van der Waals surface area contributed by atoms with Gasteiger partial charge in [-0.15, -0.1) is 0 Å². The number of hydrogen-bond acceptors (Lipinski definition) is 5. The van der Waals surface area contributed by atoms with Crippen molar-refractivity contribution >= 4 is 21.5 Å². The minimum Gasteiger partial charge on any atom is -0.369 e. The van der Waals surface area contributed by atoms with Crippen LogP contribution in [0.25, 0.3) is 0 Å². The molecule has 1 aromatic rings. The second-order valence-electron chi connectivity index (χ2n) is 9.98. The summed E-state index contributed by atoms with van der Waals surface area (Å²) >= 11 is 0. The Kier molecular flexibility index (Phi) is 5.75. The molecule has 30 heavy (non-hydrogen) atoms. The van der Waals surface area contributed by atoms with E-state index >= 15 is 0 Å². The molecule has 2 bridgehead atoms. The lowest BCUT2D eigenvalue weighted by Gasteiger charge is -2.39. The highest BCUT2D eigenvalue weighted by atomic mass is 32.2. The largest absolute Gasteiger partial charge is 0.369 e. The Labute approximate surface area is 181 Å². The quantitative estimate of drug-likeness (QED) is 0.716. The predicted octanol–water partition coefficient (Wildman–Crippen LogP) is 2.51. The molecule has 7 heteroatoms. The summed E-state index contributed by atoms with van der Waals surface area (Å²) in [5.74, 6) is 0.427. The molecule has 3 aliphatic rings. The zero-order chi connectivity index (χ0) is 21.6. The summed E-state index contributed by atoms with van der Waals surface area (Å²) in [5, 5.41) is 0. The molecule has 1 saturated heterocycles. The maximum absolute atomic E-state index is 12.9. The molecule has 0 spiro atoms. The minimum absolute atomic E-state index is 0.0587. The average molecular weight is 434 g/mol. The van der Waals surface area contributed by atoms with E-state index in [2.05, 4.69) is 59.6 Å². The van der Waals surface area contributed by atoms with E-state index < -0.39 is 15.4 Å². The fourth-order valence-electron chi connectivity index (χ4n) is 5.92. The van der Waals surface area contributed by atoms with Crippen LogP contribution in [-0.4, -0.2) is 63.6 Å². The van der Waals surface area contributed by atoms with Crippen LogP contribution in [0.1, 0.15) is 40.0 Å². The van der Waals surface area contributed by atoms with Crippen molar-refractivity contribution in [3.63, 3.8) is 0 Å². The summed E-state index contributed by atoms with van der Waals surface area (Å²) < 4.78 is 28.7. The summed E-state index contributed by atoms with van der Waals surface area (Å²) in [6.45, 7) is 10.3. The van der Waals surface area contributed by atoms with Crippen molar-refractivity contribution in [1.82, 2.24) is 9.62 Å². The number of fused-ring (bicyclic) bond motifs is 2. The number of carbonyl (C=O) groups excluding carboxylic acids is 1. The Morgan fingerprint density at radius 3 is 2.37 bits per heavy atom. The van der Waals surface area contributed by atoms with Gasteiger partial charge in [0.2, 0.25) is 10.0 Å². The molecular weight excluding hydrogens is 398 g/mol. The van der Waals surface area contributed by atoms with E-state index in [1.807, 2.05) is 6.07 Å². The van der Waals surface area contributed by atoms with E-state index in [0.717, 1.165) is 32.6 Å². The first kappa shape index (κ1) is 21.8. The Bertz CT molecular complexity index is 878. The lowest BCUT2D eigenvalue weighted by Crippen LogP contribution is -2.53. The second kappa shape index (κ2) is 7.92. The van der Waals surface area contributed by atoms with Gasteiger partial charge < -0.3 is 4.90 Å². The fourth-order valence-corrected chi connectivity index (χ4v) is 7.84. The fraction of sp³-hybridized carbons (Fsp3) is 0.696. The molecule has 1 aromatic carbocycles. The highest BCUT2D eigenvalue weighted by Gasteiger charge is 2.65. The lowest BCUT2D eigenvalue weighted by atomic mass is 9.70. The molecule has 1 heterocycles. The van der Waals surface area contributed by atoms with Crippen LogP contribution in [0.15, 0.2) is 30.3 Å². The van der Waals surface area contributed by atoms with Crippen molar-refractivity contribution in [3.8, 4) is 0 Å². The van der Waals surface area contributed by atoms with Gasteiger partial charge in [0.05, 0.1) is 5.75 Å². The number of ketones is 1. The van der Waals surface area contributed by atoms with Crippen molar-refractivity contribution in [3.05, 3.63) is 30.3 Å². The third kappa shape index (κ3) is 3.80. The molecule has 1 N–H and O–H groups in total. The molecule has 1 aliphatic heterocycles. The third-order valence-electron chi connectivity index (χ3n) is 8.23. The predicted molar refractivity (Wildman–Crippen MR) is 120 cm³/mol. The van der Waals surface area contributed by atoms with Crippen LogP contribution in [-0.2, 0) is 14.8 Å². The Morgan fingerprint density at radius 2 is 1.80 bits per heavy atom. The van der Waals surface area contributed by atoms with Crippen LogP contribution < -0.4 is 9.62 Å². The van der Waals surface area contributed by atoms with E-state index in [1.165, 1.54) is 5.69 Å². The summed E-state index contributed by atoms with van der Waals surface area (Å²) in [6, 6.07) is 10.5. The van der Waals surface area contributed by atoms with Gasteiger partial charge in [0.25, 0.3) is 0 Å². The van der Waals surface area contributed by atoms with Crippen LogP contribution in [0.4, 0.5) is 5.69 Å². The molecule has 6 nitrogen and oxygen atoms in total. The van der Waals surface area contributed by atoms with Crippen LogP contribution in [0.2, 0.25) is 0 Å². The number of nitrogens with zero attached hydrogens (tertiary/aromatic N) is 2. The second-order valence-corrected chi connectivity index (χ2v) is 11.8. The number of rotatable bonds is 7. The van der Waals surface area contributed by atoms with E-state index in [9.17, 15) is 13.2 Å². The summed E-state index contributed by atoms with van der Waals surface area (Å²) in [5.41, 5.74) is 0.315. The van der Waals surface area contributed by atoms with Gasteiger partial charge in [-0.1, -0.05) is 32.0 Å². The minimum atomic E-state index is -3.51. The number of nitrogens with one attached hydrogen (secondary N) is 1. The number of carbonyl (C=O) groups is 1. The molecule has 0 radical (unpaired) electrons. The summed E-state index contributed by atoms with van der Waals surface area (Å²) in [4.78, 5) is 17.4. The zero-order valence-electron chi connectivity index (χ0n) is 18.4. The molecule has 2 aliphatic carbocycles. The van der Waals surface area contributed by atoms with Crippen LogP contribution >= 0.6 is 0 Å². The standard InChI is InChI=1S/C23H35N3O3S/c1-18(25-11-13-26(14-12-25)20-7-5-4-6-8-20)16-24-30(28,29)17-23-10-9-19(15-21(23)27)22(23,2)3/h4-8,18-19,24H,9-17H2,1-3H3. The van der Waals surface area contributed by atoms with E-state index in [1.54, 1.807) is 0 Å². The molecule has 4 rings (SSSR count). The molecule has 166 valence electrons. The van der Waals surface area contributed by atoms with Gasteiger partial charge in [-0.25, -0.2) is 13.1 Å². The van der Waals surface area contributed by atoms with Gasteiger partial charge in [-0.05, 0) is 43.2 Å². The Hall–Kier alpha value is -1.44. The van der Waals surface area contributed by atoms with Crippen LogP contribution in [0, 0.1) is 16.7 Å². The zero-order valence-corrected chi connectivity index (χ0v) is 19.2. The maximum atomic E-state index is 12.9. The van der Waals surface area contributed by atoms with E-state index in [-0.39, 0.29) is 23.0 Å². The molecule has 2 saturated carbocycles. The first-order chi connectivity index (χ1) is 14.1. The van der Waals surface area contributed by atoms with Gasteiger partial charge in [0.15, 0.2) is 0 Å². The monoisotopic (exact) mass is 433 g/mol. The maximum Gasteiger partial charge on any atom is 0.212 e. The van der Waals surface area contributed by atoms with Gasteiger partial charge in [-0.2, -0.15) is 0 Å². The smallest absolute Gasteiger partial charge is 0.212 e. The lowest BCUT2D eigenvalue weighted by molar-refractivity contribution is -0.128. The number of piperazine rings is 1. The number of para-hydroxylation sites is 1. The van der Waals surface area contributed by atoms with Crippen molar-refractivity contribution in [2.45, 2.75) is 46.1 Å². The molecule has 3 unspecified atom stereocenters. The molecule has 3 fully saturated rings. The van der Waals surface area contributed by atoms with E-state index in [0.29, 0.717) is 25.3 Å². The highest BCUT2D eigenvalue weighted by molar-refractivity contribution is 7.89. The number of sulfonamides is 1. The summed E-state index contributed by atoms with van der Waals surface area (Å²) in [6.07, 6.45) is 2.22. The van der Waals surface area contributed by atoms with Gasteiger partial charge >= 0.3 is 0 Å². The van der Waals surface area contributed by atoms with Gasteiger partial charge in [0.1, 0.15) is 5.78 Å². The highest BCUT2D eigenvalue weighted by Crippen LogP contribution is 2.64. The van der Waals surface area contributed by atoms with Crippen LogP contribution in [0.5, 0.6) is 0 Å². The first-order valence-electron chi connectivity index (χ1n) is 11.2. The number of Topliss-reactive ketones (excluding diaryl/α,β-unsaturated/α-hetero) is 1. The van der Waals surface area contributed by atoms with Gasteiger partial charge in [-0.3, -0.25) is 9.69 Å². The van der Waals surface area contributed by atoms with Crippen molar-refractivity contribution in [1.29, 1.82) is 0 Å². The number of anilines is 1. The molecule has 0 amide bonds. The Morgan fingerprint density at radius 1 is 1.13 bits per heavy atom. The van der Waals surface area contributed by atoms with Gasteiger partial charge in [0, 0.05) is 56.3 Å². The van der Waals surface area contributed by atoms with Crippen molar-refractivity contribution < 1.29 is 13.2 Å². The topological polar surface area (TPSA) is 69.7 Å². The SMILES string of the molecule is CC(CNS(=O)(=O)CC12CCC(CC1=O)C2(C)C)N1CCN(c2ccccc2)CC1. The summed E-state index contributed by atoms with van der Waals surface area (Å²) in [7, 11) is -3.51. The number of benzene rings is 1.